The Labute approximate surface area is 145 Å². The Bertz CT molecular complexity index is 460. The first kappa shape index (κ1) is 20.3. The fourth-order valence-corrected chi connectivity index (χ4v) is 2.64. The van der Waals surface area contributed by atoms with Gasteiger partial charge in [-0.15, -0.1) is 0 Å². The van der Waals surface area contributed by atoms with Crippen LogP contribution >= 0.6 is 0 Å². The molecule has 1 heterocycles. The zero-order valence-electron chi connectivity index (χ0n) is 14.9. The minimum absolute atomic E-state index is 0.0712. The number of allylic oxidation sites excluding steroid dienone is 3. The summed E-state index contributed by atoms with van der Waals surface area (Å²) in [5, 5.41) is 18.2. The van der Waals surface area contributed by atoms with Gasteiger partial charge in [-0.05, 0) is 18.9 Å². The van der Waals surface area contributed by atoms with Gasteiger partial charge in [0.2, 0.25) is 5.76 Å². The second-order valence-electron chi connectivity index (χ2n) is 6.37. The predicted molar refractivity (Wildman–Crippen MR) is 96.7 cm³/mol. The maximum Gasteiger partial charge on any atom is 0.375 e. The number of aliphatic carboxylic acids is 1. The summed E-state index contributed by atoms with van der Waals surface area (Å²) in [5.41, 5.74) is 0. The molecule has 0 aliphatic carbocycles. The van der Waals surface area contributed by atoms with Crippen molar-refractivity contribution in [2.45, 2.75) is 84.0 Å². The van der Waals surface area contributed by atoms with Crippen molar-refractivity contribution in [2.75, 3.05) is 0 Å². The Morgan fingerprint density at radius 2 is 1.42 bits per heavy atom. The number of aliphatic hydroxyl groups is 1. The lowest BCUT2D eigenvalue weighted by atomic mass is 10.1. The van der Waals surface area contributed by atoms with Crippen LogP contribution in [0, 0.1) is 0 Å². The molecule has 24 heavy (non-hydrogen) atoms. The van der Waals surface area contributed by atoms with Crippen LogP contribution in [-0.2, 0) is 9.53 Å². The molecule has 0 saturated heterocycles. The normalized spacial score (nSPS) is 14.3. The van der Waals surface area contributed by atoms with E-state index in [2.05, 4.69) is 6.92 Å². The standard InChI is InChI=1S/C20H32O4/c1-2-3-4-5-6-7-8-9-10-11-12-13-14-15-16-17(21)18-19(24-18)20(22)23/h14-16,21H,2-13H2,1H3,(H,22,23). The van der Waals surface area contributed by atoms with Crippen molar-refractivity contribution in [1.82, 2.24) is 0 Å². The van der Waals surface area contributed by atoms with Gasteiger partial charge in [0.25, 0.3) is 5.76 Å². The molecule has 1 aliphatic rings. The molecule has 136 valence electrons. The minimum Gasteiger partial charge on any atom is -0.504 e. The number of aliphatic hydroxyl groups excluding tert-OH is 1. The molecule has 0 amide bonds. The van der Waals surface area contributed by atoms with Gasteiger partial charge in [0.1, 0.15) is 0 Å². The van der Waals surface area contributed by atoms with Crippen LogP contribution in [0.4, 0.5) is 0 Å². The summed E-state index contributed by atoms with van der Waals surface area (Å²) in [7, 11) is 0. The summed E-state index contributed by atoms with van der Waals surface area (Å²) >= 11 is 0. The number of hydrogen-bond acceptors (Lipinski definition) is 3. The fraction of sp³-hybridized carbons (Fsp3) is 0.650. The third-order valence-electron chi connectivity index (χ3n) is 4.16. The molecular weight excluding hydrogens is 304 g/mol. The number of unbranched alkanes of at least 4 members (excludes halogenated alkanes) is 11. The molecule has 0 aromatic carbocycles. The van der Waals surface area contributed by atoms with E-state index >= 15 is 0 Å². The van der Waals surface area contributed by atoms with E-state index in [1.54, 1.807) is 6.08 Å². The van der Waals surface area contributed by atoms with Crippen LogP contribution in [-0.4, -0.2) is 16.2 Å². The van der Waals surface area contributed by atoms with E-state index in [0.29, 0.717) is 0 Å². The number of ether oxygens (including phenoxy) is 1. The van der Waals surface area contributed by atoms with Crippen molar-refractivity contribution in [1.29, 1.82) is 0 Å². The molecule has 0 spiro atoms. The Hall–Kier alpha value is -1.71. The molecule has 2 N–H and O–H groups in total. The predicted octanol–water partition coefficient (Wildman–Crippen LogP) is 6.01. The summed E-state index contributed by atoms with van der Waals surface area (Å²) in [6, 6.07) is 0. The van der Waals surface area contributed by atoms with E-state index in [-0.39, 0.29) is 17.3 Å². The van der Waals surface area contributed by atoms with Gasteiger partial charge in [-0.3, -0.25) is 0 Å². The second-order valence-corrected chi connectivity index (χ2v) is 6.37. The Kier molecular flexibility index (Phi) is 10.7. The van der Waals surface area contributed by atoms with Crippen molar-refractivity contribution in [3.05, 3.63) is 35.5 Å². The summed E-state index contributed by atoms with van der Waals surface area (Å²) < 4.78 is 4.69. The van der Waals surface area contributed by atoms with Gasteiger partial charge in [-0.25, -0.2) is 4.79 Å². The quantitative estimate of drug-likeness (QED) is 0.218. The molecule has 0 fully saturated rings. The molecule has 0 unspecified atom stereocenters. The van der Waals surface area contributed by atoms with E-state index in [0.717, 1.165) is 12.8 Å². The van der Waals surface area contributed by atoms with Crippen LogP contribution in [0.1, 0.15) is 84.0 Å². The molecule has 0 aromatic heterocycles. The molecule has 0 atom stereocenters. The van der Waals surface area contributed by atoms with Crippen LogP contribution < -0.4 is 0 Å². The van der Waals surface area contributed by atoms with Crippen LogP contribution in [0.3, 0.4) is 0 Å². The van der Waals surface area contributed by atoms with Crippen molar-refractivity contribution in [3.63, 3.8) is 0 Å². The Morgan fingerprint density at radius 1 is 0.875 bits per heavy atom. The molecule has 0 bridgehead atoms. The van der Waals surface area contributed by atoms with Gasteiger partial charge in [0, 0.05) is 0 Å². The SMILES string of the molecule is CCCCCCCCCCCCCC=CC=C(O)C1=C(C(=O)O)O1. The first-order valence-electron chi connectivity index (χ1n) is 9.38. The minimum atomic E-state index is -1.14. The van der Waals surface area contributed by atoms with E-state index in [4.69, 9.17) is 9.84 Å². The number of hydrogen-bond donors (Lipinski definition) is 2. The van der Waals surface area contributed by atoms with E-state index in [1.807, 2.05) is 6.08 Å². The lowest BCUT2D eigenvalue weighted by Crippen LogP contribution is -1.88. The number of rotatable bonds is 15. The highest BCUT2D eigenvalue weighted by atomic mass is 16.6. The van der Waals surface area contributed by atoms with Gasteiger partial charge < -0.3 is 14.9 Å². The summed E-state index contributed by atoms with van der Waals surface area (Å²) in [4.78, 5) is 10.5. The second kappa shape index (κ2) is 12.7. The lowest BCUT2D eigenvalue weighted by molar-refractivity contribution is -0.133. The summed E-state index contributed by atoms with van der Waals surface area (Å²) in [6.07, 6.45) is 20.9. The van der Waals surface area contributed by atoms with Gasteiger partial charge in [0.15, 0.2) is 5.76 Å². The first-order valence-corrected chi connectivity index (χ1v) is 9.38. The highest BCUT2D eigenvalue weighted by Gasteiger charge is 2.34. The topological polar surface area (TPSA) is 70.1 Å². The molecule has 4 heteroatoms. The van der Waals surface area contributed by atoms with Crippen LogP contribution in [0.15, 0.2) is 35.5 Å². The van der Waals surface area contributed by atoms with E-state index in [9.17, 15) is 9.90 Å². The fourth-order valence-electron chi connectivity index (χ4n) is 2.64. The maximum absolute atomic E-state index is 10.5. The summed E-state index contributed by atoms with van der Waals surface area (Å²) in [6.45, 7) is 2.25. The van der Waals surface area contributed by atoms with E-state index in [1.165, 1.54) is 70.3 Å². The third-order valence-corrected chi connectivity index (χ3v) is 4.16. The lowest BCUT2D eigenvalue weighted by Gasteiger charge is -2.01. The molecule has 4 nitrogen and oxygen atoms in total. The van der Waals surface area contributed by atoms with Gasteiger partial charge in [-0.2, -0.15) is 0 Å². The average molecular weight is 336 g/mol. The van der Waals surface area contributed by atoms with Crippen molar-refractivity contribution in [3.8, 4) is 0 Å². The van der Waals surface area contributed by atoms with Crippen molar-refractivity contribution >= 4 is 5.97 Å². The molecular formula is C20H32O4. The van der Waals surface area contributed by atoms with Crippen molar-refractivity contribution in [2.24, 2.45) is 0 Å². The highest BCUT2D eigenvalue weighted by Crippen LogP contribution is 2.31. The Morgan fingerprint density at radius 3 is 1.92 bits per heavy atom. The molecule has 0 saturated carbocycles. The number of carboxylic acids is 1. The summed E-state index contributed by atoms with van der Waals surface area (Å²) in [5.74, 6) is -1.36. The van der Waals surface area contributed by atoms with Gasteiger partial charge >= 0.3 is 5.97 Å². The van der Waals surface area contributed by atoms with Gasteiger partial charge in [0.05, 0.1) is 0 Å². The molecule has 0 radical (unpaired) electrons. The average Bonchev–Trinajstić information content (AvgIpc) is 3.36. The zero-order chi connectivity index (χ0) is 17.6. The zero-order valence-corrected chi connectivity index (χ0v) is 14.9. The molecule has 1 aliphatic heterocycles. The van der Waals surface area contributed by atoms with Crippen LogP contribution in [0.5, 0.6) is 0 Å². The largest absolute Gasteiger partial charge is 0.504 e. The first-order chi connectivity index (χ1) is 11.7. The monoisotopic (exact) mass is 336 g/mol. The smallest absolute Gasteiger partial charge is 0.375 e. The number of carboxylic acid groups (broad SMARTS) is 1. The highest BCUT2D eigenvalue weighted by molar-refractivity contribution is 5.89. The number of carbonyl (C=O) groups is 1. The third kappa shape index (κ3) is 9.43. The van der Waals surface area contributed by atoms with Gasteiger partial charge in [-0.1, -0.05) is 83.3 Å². The maximum atomic E-state index is 10.5. The molecule has 0 aromatic rings. The van der Waals surface area contributed by atoms with Crippen molar-refractivity contribution < 1.29 is 19.7 Å². The van der Waals surface area contributed by atoms with Crippen LogP contribution in [0.2, 0.25) is 0 Å². The van der Waals surface area contributed by atoms with E-state index < -0.39 is 5.97 Å². The Balaban J connectivity index is 1.91. The van der Waals surface area contributed by atoms with Crippen LogP contribution in [0.25, 0.3) is 0 Å². The molecule has 1 rings (SSSR count).